The highest BCUT2D eigenvalue weighted by atomic mass is 35.5. The molecule has 2 aromatic rings. The van der Waals surface area contributed by atoms with Crippen LogP contribution in [-0.4, -0.2) is 37.9 Å². The molecular weight excluding hydrogens is 401 g/mol. The predicted molar refractivity (Wildman–Crippen MR) is 114 cm³/mol. The molecule has 28 heavy (non-hydrogen) atoms. The zero-order chi connectivity index (χ0) is 20.1. The summed E-state index contributed by atoms with van der Waals surface area (Å²) < 4.78 is 23.4. The van der Waals surface area contributed by atoms with Crippen LogP contribution in [0.15, 0.2) is 51.4 Å². The SMILES string of the molecule is CN=C1CC=C(c2cccc(NSc3cc(Cl)cnc3OC)c2F)C(=NC)N1. The Morgan fingerprint density at radius 2 is 2.14 bits per heavy atom. The normalized spacial score (nSPS) is 16.7. The highest BCUT2D eigenvalue weighted by molar-refractivity contribution is 8.00. The van der Waals surface area contributed by atoms with Crippen molar-refractivity contribution in [3.8, 4) is 5.88 Å². The number of methoxy groups -OCH3 is 1. The highest BCUT2D eigenvalue weighted by Gasteiger charge is 2.21. The van der Waals surface area contributed by atoms with Crippen molar-refractivity contribution in [3.05, 3.63) is 52.9 Å². The molecule has 2 N–H and O–H groups in total. The number of hydrogen-bond donors (Lipinski definition) is 2. The van der Waals surface area contributed by atoms with Gasteiger partial charge in [-0.15, -0.1) is 0 Å². The van der Waals surface area contributed by atoms with Gasteiger partial charge in [-0.3, -0.25) is 9.98 Å². The molecule has 0 aliphatic carbocycles. The molecule has 1 aromatic carbocycles. The molecule has 0 amide bonds. The van der Waals surface area contributed by atoms with Gasteiger partial charge in [-0.05, 0) is 24.1 Å². The van der Waals surface area contributed by atoms with Gasteiger partial charge in [0.2, 0.25) is 5.88 Å². The van der Waals surface area contributed by atoms with Crippen LogP contribution in [0.4, 0.5) is 10.1 Å². The third kappa shape index (κ3) is 4.28. The lowest BCUT2D eigenvalue weighted by atomic mass is 9.99. The van der Waals surface area contributed by atoms with Gasteiger partial charge in [0, 0.05) is 37.8 Å². The van der Waals surface area contributed by atoms with Crippen LogP contribution < -0.4 is 14.8 Å². The predicted octanol–water partition coefficient (Wildman–Crippen LogP) is 4.44. The summed E-state index contributed by atoms with van der Waals surface area (Å²) in [5, 5.41) is 3.59. The van der Waals surface area contributed by atoms with Crippen molar-refractivity contribution >= 4 is 46.5 Å². The number of aromatic nitrogens is 1. The van der Waals surface area contributed by atoms with E-state index in [2.05, 4.69) is 25.0 Å². The molecule has 0 saturated carbocycles. The molecule has 0 atom stereocenters. The van der Waals surface area contributed by atoms with E-state index < -0.39 is 0 Å². The number of ether oxygens (including phenoxy) is 1. The van der Waals surface area contributed by atoms with Crippen LogP contribution in [-0.2, 0) is 0 Å². The largest absolute Gasteiger partial charge is 0.480 e. The molecule has 9 heteroatoms. The lowest BCUT2D eigenvalue weighted by molar-refractivity contribution is 0.387. The van der Waals surface area contributed by atoms with Gasteiger partial charge in [0.15, 0.2) is 5.82 Å². The molecule has 0 unspecified atom stereocenters. The number of halogens is 2. The molecule has 3 rings (SSSR count). The molecule has 1 aromatic heterocycles. The van der Waals surface area contributed by atoms with E-state index in [1.54, 1.807) is 38.4 Å². The van der Waals surface area contributed by atoms with E-state index in [9.17, 15) is 0 Å². The topological polar surface area (TPSA) is 70.9 Å². The number of amidine groups is 2. The van der Waals surface area contributed by atoms with Crippen molar-refractivity contribution in [1.29, 1.82) is 0 Å². The Balaban J connectivity index is 1.88. The minimum absolute atomic E-state index is 0.329. The smallest absolute Gasteiger partial charge is 0.228 e. The standard InChI is InChI=1S/C19H19ClFN5OS/c1-22-16-8-7-13(18(23-2)25-16)12-5-4-6-14(17(12)21)26-28-15-9-11(20)10-24-19(15)27-3/h4-7,9-10,26H,8H2,1-3H3,(H,22,23,25). The van der Waals surface area contributed by atoms with Gasteiger partial charge in [-0.2, -0.15) is 0 Å². The van der Waals surface area contributed by atoms with Crippen LogP contribution in [0.1, 0.15) is 12.0 Å². The first kappa shape index (κ1) is 20.2. The highest BCUT2D eigenvalue weighted by Crippen LogP contribution is 2.33. The monoisotopic (exact) mass is 419 g/mol. The van der Waals surface area contributed by atoms with E-state index >= 15 is 4.39 Å². The summed E-state index contributed by atoms with van der Waals surface area (Å²) in [5.41, 5.74) is 1.48. The van der Waals surface area contributed by atoms with Gasteiger partial charge in [-0.1, -0.05) is 29.8 Å². The summed E-state index contributed by atoms with van der Waals surface area (Å²) in [5.74, 6) is 1.39. The summed E-state index contributed by atoms with van der Waals surface area (Å²) in [6.07, 6.45) is 4.00. The van der Waals surface area contributed by atoms with E-state index in [1.165, 1.54) is 25.3 Å². The number of nitrogens with one attached hydrogen (secondary N) is 2. The minimum atomic E-state index is -0.380. The molecule has 0 fully saturated rings. The summed E-state index contributed by atoms with van der Waals surface area (Å²) >= 11 is 7.17. The number of aliphatic imine (C=N–C) groups is 2. The van der Waals surface area contributed by atoms with Gasteiger partial charge in [-0.25, -0.2) is 9.37 Å². The average molecular weight is 420 g/mol. The Morgan fingerprint density at radius 3 is 2.86 bits per heavy atom. The Morgan fingerprint density at radius 1 is 1.32 bits per heavy atom. The third-order valence-corrected chi connectivity index (χ3v) is 5.09. The Kier molecular flexibility index (Phi) is 6.53. The van der Waals surface area contributed by atoms with Gasteiger partial charge < -0.3 is 14.8 Å². The molecular formula is C19H19ClFN5OS. The number of benzene rings is 1. The van der Waals surface area contributed by atoms with Crippen molar-refractivity contribution in [2.75, 3.05) is 25.9 Å². The first-order valence-corrected chi connectivity index (χ1v) is 9.58. The second-order valence-corrected chi connectivity index (χ2v) is 7.01. The van der Waals surface area contributed by atoms with Crippen LogP contribution in [0.25, 0.3) is 5.57 Å². The van der Waals surface area contributed by atoms with Crippen LogP contribution in [0.3, 0.4) is 0 Å². The first-order valence-electron chi connectivity index (χ1n) is 8.38. The Hall–Kier alpha value is -2.58. The molecule has 2 heterocycles. The van der Waals surface area contributed by atoms with Crippen molar-refractivity contribution < 1.29 is 9.13 Å². The molecule has 6 nitrogen and oxygen atoms in total. The van der Waals surface area contributed by atoms with E-state index in [-0.39, 0.29) is 5.82 Å². The van der Waals surface area contributed by atoms with Crippen LogP contribution in [0, 0.1) is 5.82 Å². The van der Waals surface area contributed by atoms with Gasteiger partial charge in [0.1, 0.15) is 11.7 Å². The summed E-state index contributed by atoms with van der Waals surface area (Å²) in [6.45, 7) is 0. The molecule has 146 valence electrons. The Labute approximate surface area is 172 Å². The molecule has 0 spiro atoms. The maximum Gasteiger partial charge on any atom is 0.228 e. The van der Waals surface area contributed by atoms with E-state index in [0.29, 0.717) is 44.9 Å². The summed E-state index contributed by atoms with van der Waals surface area (Å²) in [7, 11) is 4.88. The molecule has 1 aliphatic rings. The quantitative estimate of drug-likeness (QED) is 0.701. The maximum absolute atomic E-state index is 15.2. The molecule has 0 radical (unpaired) electrons. The van der Waals surface area contributed by atoms with Crippen molar-refractivity contribution in [3.63, 3.8) is 0 Å². The fraction of sp³-hybridized carbons (Fsp3) is 0.211. The second-order valence-electron chi connectivity index (χ2n) is 5.72. The molecule has 0 saturated heterocycles. The van der Waals surface area contributed by atoms with Gasteiger partial charge in [0.25, 0.3) is 0 Å². The number of rotatable bonds is 5. The zero-order valence-corrected chi connectivity index (χ0v) is 17.2. The third-order valence-electron chi connectivity index (χ3n) is 4.05. The lowest BCUT2D eigenvalue weighted by Crippen LogP contribution is -2.34. The van der Waals surface area contributed by atoms with Gasteiger partial charge in [0.05, 0.1) is 22.7 Å². The number of pyridine rings is 1. The molecule has 0 bridgehead atoms. The average Bonchev–Trinajstić information content (AvgIpc) is 2.72. The first-order chi connectivity index (χ1) is 13.6. The van der Waals surface area contributed by atoms with E-state index in [0.717, 1.165) is 5.84 Å². The fourth-order valence-electron chi connectivity index (χ4n) is 2.67. The van der Waals surface area contributed by atoms with E-state index in [1.807, 2.05) is 6.08 Å². The number of hydrogen-bond acceptors (Lipinski definition) is 6. The Bertz CT molecular complexity index is 977. The van der Waals surface area contributed by atoms with Gasteiger partial charge >= 0.3 is 0 Å². The van der Waals surface area contributed by atoms with Crippen LogP contribution in [0.2, 0.25) is 5.02 Å². The second kappa shape index (κ2) is 9.07. The maximum atomic E-state index is 15.2. The fourth-order valence-corrected chi connectivity index (χ4v) is 3.68. The van der Waals surface area contributed by atoms with Crippen LogP contribution >= 0.6 is 23.5 Å². The lowest BCUT2D eigenvalue weighted by Gasteiger charge is -2.20. The zero-order valence-electron chi connectivity index (χ0n) is 15.6. The summed E-state index contributed by atoms with van der Waals surface area (Å²) in [4.78, 5) is 13.1. The molecule has 1 aliphatic heterocycles. The van der Waals surface area contributed by atoms with Crippen molar-refractivity contribution in [1.82, 2.24) is 10.3 Å². The summed E-state index contributed by atoms with van der Waals surface area (Å²) in [6, 6.07) is 6.87. The minimum Gasteiger partial charge on any atom is -0.480 e. The van der Waals surface area contributed by atoms with Crippen molar-refractivity contribution in [2.45, 2.75) is 11.3 Å². The number of nitrogens with zero attached hydrogens (tertiary/aromatic N) is 3. The van der Waals surface area contributed by atoms with Crippen molar-refractivity contribution in [2.24, 2.45) is 9.98 Å². The van der Waals surface area contributed by atoms with E-state index in [4.69, 9.17) is 16.3 Å². The van der Waals surface area contributed by atoms with Crippen LogP contribution in [0.5, 0.6) is 5.88 Å². The number of anilines is 1.